The maximum absolute atomic E-state index is 12.1. The lowest BCUT2D eigenvalue weighted by molar-refractivity contribution is -0.117. The summed E-state index contributed by atoms with van der Waals surface area (Å²) in [6.07, 6.45) is 0.245. The van der Waals surface area contributed by atoms with E-state index in [1.165, 1.54) is 11.8 Å². The number of hydrogen-bond donors (Lipinski definition) is 1. The molecule has 2 aromatic rings. The molecule has 7 heteroatoms. The first-order valence-electron chi connectivity index (χ1n) is 7.37. The van der Waals surface area contributed by atoms with Crippen LogP contribution in [-0.4, -0.2) is 33.9 Å². The Balaban J connectivity index is 1.65. The zero-order valence-electron chi connectivity index (χ0n) is 13.1. The Morgan fingerprint density at radius 3 is 2.91 bits per heavy atom. The van der Waals surface area contributed by atoms with E-state index in [1.807, 2.05) is 37.3 Å². The van der Waals surface area contributed by atoms with Crippen LogP contribution in [0.5, 0.6) is 0 Å². The smallest absolute Gasteiger partial charge is 0.237 e. The van der Waals surface area contributed by atoms with Crippen LogP contribution in [0.25, 0.3) is 0 Å². The van der Waals surface area contributed by atoms with Gasteiger partial charge in [-0.05, 0) is 19.1 Å². The van der Waals surface area contributed by atoms with Crippen molar-refractivity contribution in [2.45, 2.75) is 18.2 Å². The summed E-state index contributed by atoms with van der Waals surface area (Å²) in [6, 6.07) is 9.59. The molecule has 120 valence electrons. The molecule has 0 spiro atoms. The molecule has 1 aliphatic heterocycles. The van der Waals surface area contributed by atoms with Crippen molar-refractivity contribution in [3.8, 4) is 0 Å². The zero-order chi connectivity index (χ0) is 16.4. The van der Waals surface area contributed by atoms with Gasteiger partial charge >= 0.3 is 0 Å². The summed E-state index contributed by atoms with van der Waals surface area (Å²) >= 11 is 1.54. The zero-order valence-corrected chi connectivity index (χ0v) is 13.9. The molecule has 0 bridgehead atoms. The Hall–Kier alpha value is -2.28. The molecule has 0 radical (unpaired) electrons. The average Bonchev–Trinajstić information content (AvgIpc) is 2.84. The van der Waals surface area contributed by atoms with E-state index in [2.05, 4.69) is 10.4 Å². The monoisotopic (exact) mass is 330 g/mol. The first-order chi connectivity index (χ1) is 11.0. The summed E-state index contributed by atoms with van der Waals surface area (Å²) in [4.78, 5) is 27.1. The van der Waals surface area contributed by atoms with E-state index in [0.717, 1.165) is 16.3 Å². The van der Waals surface area contributed by atoms with Gasteiger partial charge in [-0.15, -0.1) is 11.8 Å². The number of para-hydroxylation sites is 1. The van der Waals surface area contributed by atoms with E-state index in [4.69, 9.17) is 0 Å². The van der Waals surface area contributed by atoms with E-state index < -0.39 is 0 Å². The highest BCUT2D eigenvalue weighted by Gasteiger charge is 2.24. The van der Waals surface area contributed by atoms with Crippen molar-refractivity contribution in [2.75, 3.05) is 22.5 Å². The predicted molar refractivity (Wildman–Crippen MR) is 90.7 cm³/mol. The highest BCUT2D eigenvalue weighted by molar-refractivity contribution is 8.00. The van der Waals surface area contributed by atoms with Gasteiger partial charge in [-0.25, -0.2) is 0 Å². The van der Waals surface area contributed by atoms with Crippen molar-refractivity contribution in [3.05, 3.63) is 36.0 Å². The molecule has 1 aromatic heterocycles. The van der Waals surface area contributed by atoms with Gasteiger partial charge in [0.15, 0.2) is 0 Å². The molecule has 3 rings (SSSR count). The predicted octanol–water partition coefficient (Wildman–Crippen LogP) is 2.20. The summed E-state index contributed by atoms with van der Waals surface area (Å²) in [5, 5.41) is 7.02. The molecule has 1 aromatic carbocycles. The van der Waals surface area contributed by atoms with Crippen LogP contribution in [0, 0.1) is 6.92 Å². The summed E-state index contributed by atoms with van der Waals surface area (Å²) in [5.41, 5.74) is 1.73. The van der Waals surface area contributed by atoms with Crippen LogP contribution in [0.3, 0.4) is 0 Å². The molecule has 1 N–H and O–H groups in total. The summed E-state index contributed by atoms with van der Waals surface area (Å²) in [7, 11) is 1.78. The number of rotatable bonds is 4. The van der Waals surface area contributed by atoms with Crippen molar-refractivity contribution in [3.63, 3.8) is 0 Å². The highest BCUT2D eigenvalue weighted by Crippen LogP contribution is 2.34. The normalized spacial score (nSPS) is 13.8. The Morgan fingerprint density at radius 2 is 2.17 bits per heavy atom. The number of anilines is 2. The number of benzene rings is 1. The van der Waals surface area contributed by atoms with Gasteiger partial charge in [0.05, 0.1) is 17.1 Å². The number of aromatic nitrogens is 2. The first kappa shape index (κ1) is 15.6. The van der Waals surface area contributed by atoms with Crippen LogP contribution < -0.4 is 10.2 Å². The van der Waals surface area contributed by atoms with Crippen LogP contribution in [0.4, 0.5) is 11.5 Å². The molecule has 0 saturated carbocycles. The second kappa shape index (κ2) is 6.45. The molecule has 0 unspecified atom stereocenters. The van der Waals surface area contributed by atoms with Crippen molar-refractivity contribution in [2.24, 2.45) is 7.05 Å². The number of thioether (sulfide) groups is 1. The van der Waals surface area contributed by atoms with Crippen LogP contribution in [0.2, 0.25) is 0 Å². The molecular weight excluding hydrogens is 312 g/mol. The van der Waals surface area contributed by atoms with E-state index in [1.54, 1.807) is 16.6 Å². The molecule has 0 saturated heterocycles. The Bertz CT molecular complexity index is 756. The molecule has 2 heterocycles. The molecular formula is C16H18N4O2S. The van der Waals surface area contributed by atoms with Gasteiger partial charge in [0.25, 0.3) is 0 Å². The lowest BCUT2D eigenvalue weighted by Crippen LogP contribution is -2.37. The second-order valence-electron chi connectivity index (χ2n) is 5.39. The minimum atomic E-state index is -0.128. The van der Waals surface area contributed by atoms with Gasteiger partial charge in [-0.1, -0.05) is 12.1 Å². The highest BCUT2D eigenvalue weighted by atomic mass is 32.2. The third kappa shape index (κ3) is 3.39. The fraction of sp³-hybridized carbons (Fsp3) is 0.312. The molecule has 1 aliphatic rings. The summed E-state index contributed by atoms with van der Waals surface area (Å²) < 4.78 is 1.63. The fourth-order valence-electron chi connectivity index (χ4n) is 2.55. The van der Waals surface area contributed by atoms with Gasteiger partial charge in [-0.3, -0.25) is 14.3 Å². The Kier molecular flexibility index (Phi) is 4.38. The number of carbonyl (C=O) groups excluding carboxylic acids is 2. The number of nitrogens with zero attached hydrogens (tertiary/aromatic N) is 3. The van der Waals surface area contributed by atoms with Crippen molar-refractivity contribution < 1.29 is 9.59 Å². The Morgan fingerprint density at radius 1 is 1.39 bits per heavy atom. The van der Waals surface area contributed by atoms with Crippen molar-refractivity contribution in [1.29, 1.82) is 0 Å². The fourth-order valence-corrected chi connectivity index (χ4v) is 3.48. The largest absolute Gasteiger partial charge is 0.311 e. The van der Waals surface area contributed by atoms with E-state index in [9.17, 15) is 9.59 Å². The van der Waals surface area contributed by atoms with Gasteiger partial charge in [0.2, 0.25) is 11.8 Å². The van der Waals surface area contributed by atoms with E-state index in [-0.39, 0.29) is 18.2 Å². The second-order valence-corrected chi connectivity index (χ2v) is 6.41. The third-order valence-electron chi connectivity index (χ3n) is 3.64. The molecule has 0 aliphatic carbocycles. The lowest BCUT2D eigenvalue weighted by Gasteiger charge is -2.28. The Labute approximate surface area is 138 Å². The molecule has 0 fully saturated rings. The van der Waals surface area contributed by atoms with Crippen LogP contribution in [0.15, 0.2) is 35.2 Å². The maximum Gasteiger partial charge on any atom is 0.237 e. The van der Waals surface area contributed by atoms with Gasteiger partial charge in [-0.2, -0.15) is 5.10 Å². The topological polar surface area (TPSA) is 67.2 Å². The van der Waals surface area contributed by atoms with E-state index >= 15 is 0 Å². The van der Waals surface area contributed by atoms with Crippen LogP contribution in [-0.2, 0) is 16.6 Å². The van der Waals surface area contributed by atoms with Crippen molar-refractivity contribution >= 4 is 35.1 Å². The maximum atomic E-state index is 12.1. The van der Waals surface area contributed by atoms with Crippen LogP contribution in [0.1, 0.15) is 12.1 Å². The molecule has 2 amide bonds. The van der Waals surface area contributed by atoms with Crippen LogP contribution >= 0.6 is 11.8 Å². The first-order valence-corrected chi connectivity index (χ1v) is 8.36. The third-order valence-corrected chi connectivity index (χ3v) is 4.69. The van der Waals surface area contributed by atoms with Gasteiger partial charge in [0, 0.05) is 31.0 Å². The number of fused-ring (bicyclic) bond motifs is 1. The lowest BCUT2D eigenvalue weighted by atomic mass is 10.2. The number of aryl methyl sites for hydroxylation is 2. The van der Waals surface area contributed by atoms with Crippen molar-refractivity contribution in [1.82, 2.24) is 9.78 Å². The number of nitrogens with one attached hydrogen (secondary N) is 1. The average molecular weight is 330 g/mol. The number of hydrogen-bond acceptors (Lipinski definition) is 4. The minimum Gasteiger partial charge on any atom is -0.311 e. The standard InChI is InChI=1S/C16H18N4O2S/c1-11-9-14(19(2)18-11)17-15(21)7-8-20-12-5-3-4-6-13(12)23-10-16(20)22/h3-6,9H,7-8,10H2,1-2H3,(H,17,21). The molecule has 6 nitrogen and oxygen atoms in total. The molecule has 23 heavy (non-hydrogen) atoms. The van der Waals surface area contributed by atoms with Gasteiger partial charge < -0.3 is 10.2 Å². The summed E-state index contributed by atoms with van der Waals surface area (Å²) in [6.45, 7) is 2.25. The number of amides is 2. The number of carbonyl (C=O) groups is 2. The molecule has 0 atom stereocenters. The summed E-state index contributed by atoms with van der Waals surface area (Å²) in [5.74, 6) is 0.988. The minimum absolute atomic E-state index is 0.0397. The SMILES string of the molecule is Cc1cc(NC(=O)CCN2C(=O)CSc3ccccc32)n(C)n1. The quantitative estimate of drug-likeness (QED) is 0.933. The van der Waals surface area contributed by atoms with Gasteiger partial charge in [0.1, 0.15) is 5.82 Å². The van der Waals surface area contributed by atoms with E-state index in [0.29, 0.717) is 18.1 Å².